The first-order chi connectivity index (χ1) is 13.1. The van der Waals surface area contributed by atoms with Crippen molar-refractivity contribution in [3.63, 3.8) is 0 Å². The van der Waals surface area contributed by atoms with Crippen molar-refractivity contribution in [1.82, 2.24) is 0 Å². The van der Waals surface area contributed by atoms with Crippen molar-refractivity contribution in [3.8, 4) is 22.6 Å². The van der Waals surface area contributed by atoms with Crippen molar-refractivity contribution in [2.45, 2.75) is 0 Å². The maximum Gasteiger partial charge on any atom is 0.185 e. The predicted octanol–water partition coefficient (Wildman–Crippen LogP) is 5.92. The second-order valence-corrected chi connectivity index (χ2v) is 6.29. The molecule has 0 aromatic heterocycles. The molecule has 0 atom stereocenters. The normalized spacial score (nSPS) is 10.8. The summed E-state index contributed by atoms with van der Waals surface area (Å²) in [6, 6.07) is 21.1. The summed E-state index contributed by atoms with van der Waals surface area (Å²) in [4.78, 5) is 12.5. The van der Waals surface area contributed by atoms with Gasteiger partial charge >= 0.3 is 0 Å². The lowest BCUT2D eigenvalue weighted by molar-refractivity contribution is 0.104. The van der Waals surface area contributed by atoms with Gasteiger partial charge in [0.1, 0.15) is 0 Å². The third-order valence-corrected chi connectivity index (χ3v) is 4.44. The fourth-order valence-electron chi connectivity index (χ4n) is 2.76. The summed E-state index contributed by atoms with van der Waals surface area (Å²) >= 11 is 6.20. The van der Waals surface area contributed by atoms with Gasteiger partial charge < -0.3 is 9.47 Å². The molecule has 0 N–H and O–H groups in total. The largest absolute Gasteiger partial charge is 0.493 e. The second kappa shape index (κ2) is 8.56. The van der Waals surface area contributed by atoms with Gasteiger partial charge in [-0.2, -0.15) is 0 Å². The average molecular weight is 379 g/mol. The number of methoxy groups -OCH3 is 2. The molecule has 0 fully saturated rings. The summed E-state index contributed by atoms with van der Waals surface area (Å²) in [5.74, 6) is 0.906. The van der Waals surface area contributed by atoms with Crippen LogP contribution >= 0.6 is 11.6 Å². The molecular weight excluding hydrogens is 360 g/mol. The molecule has 0 saturated heterocycles. The Balaban J connectivity index is 1.78. The van der Waals surface area contributed by atoms with Gasteiger partial charge in [0.05, 0.1) is 19.2 Å². The minimum absolute atomic E-state index is 0.0829. The van der Waals surface area contributed by atoms with Crippen LogP contribution in [0.4, 0.5) is 0 Å². The Morgan fingerprint density at radius 3 is 2.19 bits per heavy atom. The number of halogens is 1. The molecule has 0 radical (unpaired) electrons. The lowest BCUT2D eigenvalue weighted by Gasteiger charge is -2.10. The van der Waals surface area contributed by atoms with Crippen molar-refractivity contribution >= 4 is 23.5 Å². The highest BCUT2D eigenvalue weighted by atomic mass is 35.5. The maximum atomic E-state index is 12.5. The Bertz CT molecular complexity index is 961. The van der Waals surface area contributed by atoms with Crippen molar-refractivity contribution in [3.05, 3.63) is 89.0 Å². The maximum absolute atomic E-state index is 12.5. The van der Waals surface area contributed by atoms with Crippen molar-refractivity contribution < 1.29 is 14.3 Å². The molecule has 27 heavy (non-hydrogen) atoms. The zero-order valence-corrected chi connectivity index (χ0v) is 15.9. The van der Waals surface area contributed by atoms with Gasteiger partial charge in [-0.15, -0.1) is 0 Å². The molecule has 0 aliphatic carbocycles. The highest BCUT2D eigenvalue weighted by molar-refractivity contribution is 6.32. The van der Waals surface area contributed by atoms with Crippen LogP contribution in [0.15, 0.2) is 72.8 Å². The van der Waals surface area contributed by atoms with Crippen LogP contribution in [0.5, 0.6) is 11.5 Å². The molecule has 0 heterocycles. The zero-order valence-electron chi connectivity index (χ0n) is 15.1. The van der Waals surface area contributed by atoms with E-state index in [-0.39, 0.29) is 5.78 Å². The Kier molecular flexibility index (Phi) is 5.94. The number of carbonyl (C=O) groups is 1. The number of hydrogen-bond donors (Lipinski definition) is 0. The molecule has 0 aliphatic heterocycles. The van der Waals surface area contributed by atoms with E-state index >= 15 is 0 Å². The summed E-state index contributed by atoms with van der Waals surface area (Å²) in [6.45, 7) is 0. The number of carbonyl (C=O) groups excluding carboxylic acids is 1. The molecule has 136 valence electrons. The smallest absolute Gasteiger partial charge is 0.185 e. The molecular formula is C23H19ClO3. The zero-order chi connectivity index (χ0) is 19.2. The summed E-state index contributed by atoms with van der Waals surface area (Å²) in [6.07, 6.45) is 3.23. The number of allylic oxidation sites excluding steroid dienone is 1. The van der Waals surface area contributed by atoms with Crippen molar-refractivity contribution in [2.75, 3.05) is 14.2 Å². The molecule has 0 unspecified atom stereocenters. The summed E-state index contributed by atoms with van der Waals surface area (Å²) in [7, 11) is 3.07. The van der Waals surface area contributed by atoms with E-state index in [2.05, 4.69) is 0 Å². The summed E-state index contributed by atoms with van der Waals surface area (Å²) in [5, 5.41) is 0.427. The predicted molar refractivity (Wildman–Crippen MR) is 110 cm³/mol. The van der Waals surface area contributed by atoms with Gasteiger partial charge in [0.2, 0.25) is 0 Å². The van der Waals surface area contributed by atoms with Crippen molar-refractivity contribution in [1.29, 1.82) is 0 Å². The molecule has 0 bridgehead atoms. The third kappa shape index (κ3) is 4.39. The van der Waals surface area contributed by atoms with Crippen LogP contribution in [0.25, 0.3) is 17.2 Å². The standard InChI is InChI=1S/C23H19ClO3/c1-26-22-15-16(14-20(24)23(22)27-2)8-13-21(25)19-11-9-18(10-12-19)17-6-4-3-5-7-17/h3-15H,1-2H3. The topological polar surface area (TPSA) is 35.5 Å². The van der Waals surface area contributed by atoms with Crippen LogP contribution in [0, 0.1) is 0 Å². The third-order valence-electron chi connectivity index (χ3n) is 4.16. The Labute approximate surface area is 163 Å². The van der Waals surface area contributed by atoms with Crippen LogP contribution in [0.3, 0.4) is 0 Å². The van der Waals surface area contributed by atoms with Gasteiger partial charge in [0.15, 0.2) is 17.3 Å². The molecule has 3 aromatic rings. The van der Waals surface area contributed by atoms with Gasteiger partial charge in [-0.25, -0.2) is 0 Å². The van der Waals surface area contributed by atoms with Crippen LogP contribution < -0.4 is 9.47 Å². The average Bonchev–Trinajstić information content (AvgIpc) is 2.72. The monoisotopic (exact) mass is 378 g/mol. The molecule has 0 spiro atoms. The van der Waals surface area contributed by atoms with Crippen molar-refractivity contribution in [2.24, 2.45) is 0 Å². The van der Waals surface area contributed by atoms with E-state index in [1.807, 2.05) is 54.6 Å². The molecule has 3 nitrogen and oxygen atoms in total. The van der Waals surface area contributed by atoms with Gasteiger partial charge in [0, 0.05) is 5.56 Å². The Morgan fingerprint density at radius 1 is 0.889 bits per heavy atom. The van der Waals surface area contributed by atoms with E-state index in [0.29, 0.717) is 22.1 Å². The first-order valence-electron chi connectivity index (χ1n) is 8.42. The van der Waals surface area contributed by atoms with E-state index in [9.17, 15) is 4.79 Å². The van der Waals surface area contributed by atoms with E-state index in [4.69, 9.17) is 21.1 Å². The number of ketones is 1. The van der Waals surface area contributed by atoms with Gasteiger partial charge in [-0.3, -0.25) is 4.79 Å². The molecule has 3 rings (SSSR count). The fourth-order valence-corrected chi connectivity index (χ4v) is 3.06. The van der Waals surface area contributed by atoms with E-state index < -0.39 is 0 Å². The molecule has 4 heteroatoms. The summed E-state index contributed by atoms with van der Waals surface area (Å²) in [5.41, 5.74) is 3.57. The number of hydrogen-bond acceptors (Lipinski definition) is 3. The van der Waals surface area contributed by atoms with Crippen LogP contribution in [-0.4, -0.2) is 20.0 Å². The Hall–Kier alpha value is -3.04. The van der Waals surface area contributed by atoms with E-state index in [1.165, 1.54) is 13.2 Å². The first-order valence-corrected chi connectivity index (χ1v) is 8.79. The SMILES string of the molecule is COc1cc(C=CC(=O)c2ccc(-c3ccccc3)cc2)cc(Cl)c1OC. The number of benzene rings is 3. The minimum Gasteiger partial charge on any atom is -0.493 e. The quantitative estimate of drug-likeness (QED) is 0.394. The lowest BCUT2D eigenvalue weighted by atomic mass is 10.0. The summed E-state index contributed by atoms with van der Waals surface area (Å²) < 4.78 is 10.5. The second-order valence-electron chi connectivity index (χ2n) is 5.88. The molecule has 0 saturated carbocycles. The van der Waals surface area contributed by atoms with Gasteiger partial charge in [-0.1, -0.05) is 72.3 Å². The van der Waals surface area contributed by atoms with Crippen LogP contribution in [0.2, 0.25) is 5.02 Å². The van der Waals surface area contributed by atoms with Gasteiger partial charge in [0.25, 0.3) is 0 Å². The lowest BCUT2D eigenvalue weighted by Crippen LogP contribution is -1.95. The fraction of sp³-hybridized carbons (Fsp3) is 0.0870. The Morgan fingerprint density at radius 2 is 1.56 bits per heavy atom. The van der Waals surface area contributed by atoms with Crippen LogP contribution in [-0.2, 0) is 0 Å². The highest BCUT2D eigenvalue weighted by Gasteiger charge is 2.10. The minimum atomic E-state index is -0.0829. The number of rotatable bonds is 6. The van der Waals surface area contributed by atoms with Gasteiger partial charge in [-0.05, 0) is 34.9 Å². The van der Waals surface area contributed by atoms with E-state index in [0.717, 1.165) is 16.7 Å². The highest BCUT2D eigenvalue weighted by Crippen LogP contribution is 2.36. The molecule has 0 amide bonds. The number of ether oxygens (including phenoxy) is 2. The molecule has 0 aliphatic rings. The first kappa shape index (κ1) is 18.7. The molecule has 3 aromatic carbocycles. The van der Waals surface area contributed by atoms with E-state index in [1.54, 1.807) is 25.3 Å². The van der Waals surface area contributed by atoms with Crippen LogP contribution in [0.1, 0.15) is 15.9 Å².